The van der Waals surface area contributed by atoms with E-state index in [1.807, 2.05) is 36.6 Å². The smallest absolute Gasteiger partial charge is 0.233 e. The molecule has 0 bridgehead atoms. The fraction of sp³-hybridized carbons (Fsp3) is 0.294. The van der Waals surface area contributed by atoms with Crippen molar-refractivity contribution < 1.29 is 9.53 Å². The maximum atomic E-state index is 13.1. The number of hydrogen-bond acceptors (Lipinski definition) is 7. The number of aromatic nitrogens is 4. The summed E-state index contributed by atoms with van der Waals surface area (Å²) in [5.74, 6) is 0.854. The number of rotatable bonds is 4. The van der Waals surface area contributed by atoms with Gasteiger partial charge in [0.25, 0.3) is 0 Å². The number of anilines is 2. The van der Waals surface area contributed by atoms with E-state index in [0.29, 0.717) is 11.1 Å². The lowest BCUT2D eigenvalue weighted by molar-refractivity contribution is -0.121. The van der Waals surface area contributed by atoms with Crippen LogP contribution < -0.4 is 15.4 Å². The third kappa shape index (κ3) is 2.90. The highest BCUT2D eigenvalue weighted by Gasteiger charge is 2.41. The molecule has 4 rings (SSSR count). The van der Waals surface area contributed by atoms with Gasteiger partial charge in [0.2, 0.25) is 11.9 Å². The zero-order valence-electron chi connectivity index (χ0n) is 14.3. The van der Waals surface area contributed by atoms with E-state index in [-0.39, 0.29) is 18.0 Å². The third-order valence-corrected chi connectivity index (χ3v) is 5.16. The van der Waals surface area contributed by atoms with Crippen molar-refractivity contribution in [2.75, 3.05) is 17.7 Å². The molecule has 3 heterocycles. The number of carbonyl (C=O) groups is 1. The molecule has 0 aliphatic carbocycles. The van der Waals surface area contributed by atoms with Crippen molar-refractivity contribution in [3.63, 3.8) is 0 Å². The summed E-state index contributed by atoms with van der Waals surface area (Å²) in [6, 6.07) is 7.24. The summed E-state index contributed by atoms with van der Waals surface area (Å²) in [6.07, 6.45) is 3.15. The van der Waals surface area contributed by atoms with Crippen LogP contribution in [0.5, 0.6) is 5.75 Å². The molecule has 1 aliphatic rings. The lowest BCUT2D eigenvalue weighted by Crippen LogP contribution is -2.46. The van der Waals surface area contributed by atoms with Crippen molar-refractivity contribution in [1.82, 2.24) is 19.7 Å². The van der Waals surface area contributed by atoms with Gasteiger partial charge in [0.1, 0.15) is 12.1 Å². The molecule has 0 spiro atoms. The van der Waals surface area contributed by atoms with Crippen LogP contribution in [-0.4, -0.2) is 38.8 Å². The molecule has 3 aromatic rings. The van der Waals surface area contributed by atoms with Gasteiger partial charge in [-0.3, -0.25) is 4.79 Å². The summed E-state index contributed by atoms with van der Waals surface area (Å²) in [6.45, 7) is 1.97. The van der Waals surface area contributed by atoms with Crippen LogP contribution in [0.15, 0.2) is 42.2 Å². The molecule has 3 atom stereocenters. The van der Waals surface area contributed by atoms with Crippen LogP contribution in [0.4, 0.5) is 11.1 Å². The number of benzene rings is 1. The van der Waals surface area contributed by atoms with Gasteiger partial charge in [0.05, 0.1) is 19.1 Å². The number of fused-ring (bicyclic) bond motifs is 1. The van der Waals surface area contributed by atoms with E-state index in [9.17, 15) is 4.79 Å². The number of carbonyl (C=O) groups excluding carboxylic acids is 1. The van der Waals surface area contributed by atoms with E-state index in [4.69, 9.17) is 4.74 Å². The molecule has 0 fully saturated rings. The zero-order chi connectivity index (χ0) is 18.1. The molecule has 9 heteroatoms. The Morgan fingerprint density at radius 1 is 1.38 bits per heavy atom. The minimum atomic E-state index is -0.403. The number of thiazole rings is 1. The minimum Gasteiger partial charge on any atom is -0.497 e. The highest BCUT2D eigenvalue weighted by Crippen LogP contribution is 2.37. The SMILES string of the molecule is COc1cccc([C@@H]2[C@@H](C(=O)Nc3nccs3)[C@@H](C)Nc3ncnn32)c1. The van der Waals surface area contributed by atoms with Crippen molar-refractivity contribution in [1.29, 1.82) is 0 Å². The van der Waals surface area contributed by atoms with Gasteiger partial charge in [-0.1, -0.05) is 12.1 Å². The van der Waals surface area contributed by atoms with Gasteiger partial charge in [-0.05, 0) is 24.6 Å². The fourth-order valence-electron chi connectivity index (χ4n) is 3.29. The van der Waals surface area contributed by atoms with Crippen molar-refractivity contribution in [3.8, 4) is 5.75 Å². The van der Waals surface area contributed by atoms with Gasteiger partial charge >= 0.3 is 0 Å². The van der Waals surface area contributed by atoms with Gasteiger partial charge in [-0.15, -0.1) is 11.3 Å². The summed E-state index contributed by atoms with van der Waals surface area (Å²) in [7, 11) is 1.62. The second kappa shape index (κ2) is 6.75. The molecule has 8 nitrogen and oxygen atoms in total. The summed E-state index contributed by atoms with van der Waals surface area (Å²) in [4.78, 5) is 21.5. The van der Waals surface area contributed by atoms with E-state index >= 15 is 0 Å². The minimum absolute atomic E-state index is 0.117. The predicted molar refractivity (Wildman–Crippen MR) is 98.5 cm³/mol. The Bertz CT molecular complexity index is 910. The molecule has 2 aromatic heterocycles. The molecule has 0 saturated carbocycles. The van der Waals surface area contributed by atoms with Crippen molar-refractivity contribution in [2.24, 2.45) is 5.92 Å². The average Bonchev–Trinajstić information content (AvgIpc) is 3.32. The van der Waals surface area contributed by atoms with Crippen LogP contribution in [0.25, 0.3) is 0 Å². The number of nitrogens with zero attached hydrogens (tertiary/aromatic N) is 4. The van der Waals surface area contributed by atoms with Crippen molar-refractivity contribution in [2.45, 2.75) is 19.0 Å². The fourth-order valence-corrected chi connectivity index (χ4v) is 3.83. The molecular weight excluding hydrogens is 352 g/mol. The number of amides is 1. The van der Waals surface area contributed by atoms with E-state index in [1.165, 1.54) is 17.7 Å². The number of methoxy groups -OCH3 is 1. The van der Waals surface area contributed by atoms with Crippen molar-refractivity contribution >= 4 is 28.3 Å². The maximum Gasteiger partial charge on any atom is 0.233 e. The Kier molecular flexibility index (Phi) is 4.29. The van der Waals surface area contributed by atoms with Gasteiger partial charge in [0, 0.05) is 17.6 Å². The first-order valence-corrected chi connectivity index (χ1v) is 9.05. The second-order valence-electron chi connectivity index (χ2n) is 6.03. The monoisotopic (exact) mass is 370 g/mol. The Hall–Kier alpha value is -2.94. The van der Waals surface area contributed by atoms with Gasteiger partial charge < -0.3 is 15.4 Å². The standard InChI is InChI=1S/C17H18N6O2S/c1-10-13(15(24)22-17-18-6-7-26-17)14(23-16(21-10)19-9-20-23)11-4-3-5-12(8-11)25-2/h3-10,13-14H,1-2H3,(H,18,22,24)(H,19,20,21)/t10-,13+,14-/m1/s1. The molecule has 0 unspecified atom stereocenters. The van der Waals surface area contributed by atoms with Crippen LogP contribution in [0.1, 0.15) is 18.5 Å². The van der Waals surface area contributed by atoms with Crippen LogP contribution in [0, 0.1) is 5.92 Å². The molecular formula is C17H18N6O2S. The van der Waals surface area contributed by atoms with E-state index in [2.05, 4.69) is 25.7 Å². The molecule has 1 aliphatic heterocycles. The topological polar surface area (TPSA) is 94.0 Å². The molecule has 26 heavy (non-hydrogen) atoms. The highest BCUT2D eigenvalue weighted by atomic mass is 32.1. The molecule has 0 radical (unpaired) electrons. The molecule has 0 saturated heterocycles. The summed E-state index contributed by atoms with van der Waals surface area (Å²) in [5.41, 5.74) is 0.934. The normalized spacial score (nSPS) is 21.5. The average molecular weight is 370 g/mol. The summed E-state index contributed by atoms with van der Waals surface area (Å²) in [5, 5.41) is 12.9. The first kappa shape index (κ1) is 16.5. The molecule has 1 aromatic carbocycles. The summed E-state index contributed by atoms with van der Waals surface area (Å²) < 4.78 is 7.10. The Balaban J connectivity index is 1.75. The van der Waals surface area contributed by atoms with Gasteiger partial charge in [-0.25, -0.2) is 9.67 Å². The van der Waals surface area contributed by atoms with Crippen LogP contribution in [0.3, 0.4) is 0 Å². The predicted octanol–water partition coefficient (Wildman–Crippen LogP) is 2.40. The first-order valence-electron chi connectivity index (χ1n) is 8.17. The van der Waals surface area contributed by atoms with Crippen molar-refractivity contribution in [3.05, 3.63) is 47.7 Å². The molecule has 1 amide bonds. The van der Waals surface area contributed by atoms with Gasteiger partial charge in [-0.2, -0.15) is 10.1 Å². The van der Waals surface area contributed by atoms with E-state index in [0.717, 1.165) is 11.3 Å². The lowest BCUT2D eigenvalue weighted by atomic mass is 9.85. The Morgan fingerprint density at radius 3 is 3.04 bits per heavy atom. The highest BCUT2D eigenvalue weighted by molar-refractivity contribution is 7.13. The quantitative estimate of drug-likeness (QED) is 0.732. The summed E-state index contributed by atoms with van der Waals surface area (Å²) >= 11 is 1.39. The van der Waals surface area contributed by atoms with E-state index < -0.39 is 5.92 Å². The number of ether oxygens (including phenoxy) is 1. The largest absolute Gasteiger partial charge is 0.497 e. The Labute approximate surface area is 154 Å². The third-order valence-electron chi connectivity index (χ3n) is 4.47. The molecule has 2 N–H and O–H groups in total. The Morgan fingerprint density at radius 2 is 2.27 bits per heavy atom. The van der Waals surface area contributed by atoms with Crippen LogP contribution in [-0.2, 0) is 4.79 Å². The second-order valence-corrected chi connectivity index (χ2v) is 6.93. The lowest BCUT2D eigenvalue weighted by Gasteiger charge is -2.36. The number of hydrogen-bond donors (Lipinski definition) is 2. The number of nitrogens with one attached hydrogen (secondary N) is 2. The maximum absolute atomic E-state index is 13.1. The van der Waals surface area contributed by atoms with E-state index in [1.54, 1.807) is 18.0 Å². The first-order chi connectivity index (χ1) is 12.7. The van der Waals surface area contributed by atoms with Gasteiger partial charge in [0.15, 0.2) is 5.13 Å². The van der Waals surface area contributed by atoms with Crippen LogP contribution in [0.2, 0.25) is 0 Å². The molecule has 134 valence electrons. The van der Waals surface area contributed by atoms with Crippen LogP contribution >= 0.6 is 11.3 Å². The zero-order valence-corrected chi connectivity index (χ0v) is 15.1.